The lowest BCUT2D eigenvalue weighted by atomic mass is 10.1. The predicted octanol–water partition coefficient (Wildman–Crippen LogP) is 2.82. The fourth-order valence-corrected chi connectivity index (χ4v) is 1.95. The van der Waals surface area contributed by atoms with Crippen LogP contribution in [0.5, 0.6) is 0 Å². The summed E-state index contributed by atoms with van der Waals surface area (Å²) < 4.78 is 23.2. The molecule has 2 rings (SSSR count). The van der Waals surface area contributed by atoms with Crippen molar-refractivity contribution in [3.05, 3.63) is 35.4 Å². The van der Waals surface area contributed by atoms with Gasteiger partial charge in [-0.2, -0.15) is 0 Å². The molecule has 0 aliphatic carbocycles. The molecule has 0 radical (unpaired) electrons. The van der Waals surface area contributed by atoms with Crippen LogP contribution in [0.1, 0.15) is 43.1 Å². The topological polar surface area (TPSA) is 114 Å². The fourth-order valence-electron chi connectivity index (χ4n) is 1.95. The Balaban J connectivity index is 0.000000563. The fraction of sp³-hybridized carbons (Fsp3) is 0.500. The highest BCUT2D eigenvalue weighted by Crippen LogP contribution is 2.09. The molecule has 1 aliphatic rings. The minimum Gasteiger partial charge on any atom is -0.464 e. The van der Waals surface area contributed by atoms with Gasteiger partial charge in [0.1, 0.15) is 25.9 Å². The van der Waals surface area contributed by atoms with Gasteiger partial charge in [-0.3, -0.25) is 9.59 Å². The van der Waals surface area contributed by atoms with E-state index in [1.807, 2.05) is 33.8 Å². The SMILES string of the molecule is CC.CCC(COC=O)OC=O.Cc1cccc(C(=O)OCC2COC(=O)O2)c1. The summed E-state index contributed by atoms with van der Waals surface area (Å²) in [6, 6.07) is 7.08. The quantitative estimate of drug-likeness (QED) is 0.343. The third kappa shape index (κ3) is 11.4. The number of hydrogen-bond donors (Lipinski definition) is 0. The first-order chi connectivity index (χ1) is 14.0. The smallest absolute Gasteiger partial charge is 0.464 e. The molecular weight excluding hydrogens is 384 g/mol. The number of ether oxygens (including phenoxy) is 5. The van der Waals surface area contributed by atoms with Crippen LogP contribution >= 0.6 is 0 Å². The lowest BCUT2D eigenvalue weighted by molar-refractivity contribution is -0.142. The van der Waals surface area contributed by atoms with E-state index in [2.05, 4.69) is 14.2 Å². The Bertz CT molecular complexity index is 630. The van der Waals surface area contributed by atoms with Gasteiger partial charge in [0.25, 0.3) is 12.9 Å². The van der Waals surface area contributed by atoms with Crippen molar-refractivity contribution < 1.29 is 42.9 Å². The summed E-state index contributed by atoms with van der Waals surface area (Å²) in [6.45, 7) is 8.68. The molecule has 1 fully saturated rings. The van der Waals surface area contributed by atoms with Gasteiger partial charge in [-0.05, 0) is 25.5 Å². The summed E-state index contributed by atoms with van der Waals surface area (Å²) in [5.41, 5.74) is 1.46. The third-order valence-electron chi connectivity index (χ3n) is 3.36. The van der Waals surface area contributed by atoms with Crippen LogP contribution in [-0.2, 0) is 33.3 Å². The number of esters is 1. The summed E-state index contributed by atoms with van der Waals surface area (Å²) >= 11 is 0. The van der Waals surface area contributed by atoms with E-state index in [1.165, 1.54) is 0 Å². The molecule has 0 aromatic heterocycles. The molecule has 9 nitrogen and oxygen atoms in total. The Morgan fingerprint density at radius 2 is 2.00 bits per heavy atom. The lowest BCUT2D eigenvalue weighted by Gasteiger charge is -2.09. The van der Waals surface area contributed by atoms with Gasteiger partial charge in [-0.1, -0.05) is 38.5 Å². The molecule has 1 heterocycles. The Hall–Kier alpha value is -3.10. The number of carbonyl (C=O) groups is 4. The Labute approximate surface area is 170 Å². The van der Waals surface area contributed by atoms with E-state index in [1.54, 1.807) is 18.2 Å². The van der Waals surface area contributed by atoms with E-state index in [4.69, 9.17) is 9.47 Å². The summed E-state index contributed by atoms with van der Waals surface area (Å²) in [5, 5.41) is 0. The first-order valence-electron chi connectivity index (χ1n) is 9.21. The second-order valence-corrected chi connectivity index (χ2v) is 5.46. The highest BCUT2D eigenvalue weighted by molar-refractivity contribution is 5.89. The van der Waals surface area contributed by atoms with E-state index in [-0.39, 0.29) is 25.9 Å². The maximum Gasteiger partial charge on any atom is 0.508 e. The van der Waals surface area contributed by atoms with Gasteiger partial charge < -0.3 is 23.7 Å². The minimum atomic E-state index is -0.721. The van der Waals surface area contributed by atoms with E-state index < -0.39 is 18.2 Å². The van der Waals surface area contributed by atoms with E-state index >= 15 is 0 Å². The molecule has 2 unspecified atom stereocenters. The van der Waals surface area contributed by atoms with Gasteiger partial charge in [0.05, 0.1) is 5.56 Å². The van der Waals surface area contributed by atoms with Crippen LogP contribution in [0.3, 0.4) is 0 Å². The van der Waals surface area contributed by atoms with E-state index in [9.17, 15) is 19.2 Å². The van der Waals surface area contributed by atoms with Crippen LogP contribution in [0.15, 0.2) is 24.3 Å². The maximum atomic E-state index is 11.6. The average Bonchev–Trinajstić information content (AvgIpc) is 3.16. The molecule has 1 aromatic rings. The van der Waals surface area contributed by atoms with Crippen molar-refractivity contribution in [2.24, 2.45) is 0 Å². The second-order valence-electron chi connectivity index (χ2n) is 5.46. The molecule has 2 atom stereocenters. The molecule has 29 heavy (non-hydrogen) atoms. The number of carbonyl (C=O) groups excluding carboxylic acids is 4. The Morgan fingerprint density at radius 1 is 1.28 bits per heavy atom. The van der Waals surface area contributed by atoms with Crippen molar-refractivity contribution >= 4 is 25.1 Å². The number of rotatable bonds is 9. The Morgan fingerprint density at radius 3 is 2.52 bits per heavy atom. The lowest BCUT2D eigenvalue weighted by Crippen LogP contribution is -2.20. The molecule has 9 heteroatoms. The summed E-state index contributed by atoms with van der Waals surface area (Å²) in [4.78, 5) is 41.7. The third-order valence-corrected chi connectivity index (χ3v) is 3.36. The van der Waals surface area contributed by atoms with Crippen LogP contribution in [-0.4, -0.2) is 57.1 Å². The van der Waals surface area contributed by atoms with Gasteiger partial charge in [-0.25, -0.2) is 9.59 Å². The van der Waals surface area contributed by atoms with Crippen LogP contribution in [0, 0.1) is 6.92 Å². The summed E-state index contributed by atoms with van der Waals surface area (Å²) in [7, 11) is 0. The number of benzene rings is 1. The van der Waals surface area contributed by atoms with Crippen molar-refractivity contribution in [3.63, 3.8) is 0 Å². The standard InChI is InChI=1S/C12H12O5.C6H10O4.C2H6/c1-8-3-2-4-9(5-8)11(13)15-6-10-7-16-12(14)17-10;1-2-6(10-5-8)3-9-4-7;1-2/h2-5,10H,6-7H2,1H3;4-6H,2-3H2,1H3;1-2H3. The molecule has 0 bridgehead atoms. The molecule has 0 spiro atoms. The van der Waals surface area contributed by atoms with Gasteiger partial charge in [-0.15, -0.1) is 0 Å². The highest BCUT2D eigenvalue weighted by atomic mass is 16.8. The van der Waals surface area contributed by atoms with Crippen LogP contribution < -0.4 is 0 Å². The Kier molecular flexibility index (Phi) is 14.2. The monoisotopic (exact) mass is 412 g/mol. The van der Waals surface area contributed by atoms with Crippen LogP contribution in [0.25, 0.3) is 0 Å². The molecule has 0 amide bonds. The van der Waals surface area contributed by atoms with Gasteiger partial charge in [0, 0.05) is 0 Å². The normalized spacial score (nSPS) is 15.0. The van der Waals surface area contributed by atoms with Gasteiger partial charge in [0.15, 0.2) is 6.10 Å². The van der Waals surface area contributed by atoms with Crippen molar-refractivity contribution in [2.75, 3.05) is 19.8 Å². The first-order valence-corrected chi connectivity index (χ1v) is 9.21. The maximum absolute atomic E-state index is 11.6. The molecule has 1 aliphatic heterocycles. The van der Waals surface area contributed by atoms with Crippen molar-refractivity contribution in [3.8, 4) is 0 Å². The van der Waals surface area contributed by atoms with E-state index in [0.717, 1.165) is 5.56 Å². The van der Waals surface area contributed by atoms with Crippen molar-refractivity contribution in [2.45, 2.75) is 46.3 Å². The number of hydrogen-bond acceptors (Lipinski definition) is 9. The summed E-state index contributed by atoms with van der Waals surface area (Å²) in [6.07, 6.45) is -0.882. The summed E-state index contributed by atoms with van der Waals surface area (Å²) in [5.74, 6) is -0.434. The molecule has 0 saturated carbocycles. The second kappa shape index (κ2) is 15.9. The highest BCUT2D eigenvalue weighted by Gasteiger charge is 2.26. The van der Waals surface area contributed by atoms with E-state index in [0.29, 0.717) is 24.9 Å². The van der Waals surface area contributed by atoms with Gasteiger partial charge >= 0.3 is 12.1 Å². The molecule has 1 saturated heterocycles. The largest absolute Gasteiger partial charge is 0.508 e. The molecule has 1 aromatic carbocycles. The zero-order chi connectivity index (χ0) is 22.1. The number of aryl methyl sites for hydroxylation is 1. The van der Waals surface area contributed by atoms with Gasteiger partial charge in [0.2, 0.25) is 0 Å². The van der Waals surface area contributed by atoms with Crippen LogP contribution in [0.4, 0.5) is 4.79 Å². The first kappa shape index (κ1) is 25.9. The molecular formula is C20H28O9. The van der Waals surface area contributed by atoms with Crippen molar-refractivity contribution in [1.82, 2.24) is 0 Å². The minimum absolute atomic E-state index is 0.0124. The van der Waals surface area contributed by atoms with Crippen LogP contribution in [0.2, 0.25) is 0 Å². The molecule has 0 N–H and O–H groups in total. The number of cyclic esters (lactones) is 2. The van der Waals surface area contributed by atoms with Crippen molar-refractivity contribution in [1.29, 1.82) is 0 Å². The molecule has 162 valence electrons. The zero-order valence-electron chi connectivity index (χ0n) is 17.1. The predicted molar refractivity (Wildman–Crippen MR) is 102 cm³/mol. The zero-order valence-corrected chi connectivity index (χ0v) is 17.1. The average molecular weight is 412 g/mol.